The first-order valence-corrected chi connectivity index (χ1v) is 8.29. The number of hydrogen-bond acceptors (Lipinski definition) is 6. The summed E-state index contributed by atoms with van der Waals surface area (Å²) in [5, 5.41) is 19.5. The molecular formula is C17H12F3N5OS. The standard InChI is InChI=1S/C17H12F3N5OS/c1-9(27-16-11(8-22)6-10(7-21)14(23)25-16)15(26)24-13-5-3-2-4-12(13)17(18,19)20/h2-6,9H,1H3,(H2,23,25)(H,24,26)/t9-/m0/s1. The zero-order valence-electron chi connectivity index (χ0n) is 13.8. The van der Waals surface area contributed by atoms with Crippen LogP contribution in [-0.4, -0.2) is 16.1 Å². The number of carbonyl (C=O) groups is 1. The minimum absolute atomic E-state index is 0.0205. The molecular weight excluding hydrogens is 379 g/mol. The van der Waals surface area contributed by atoms with Gasteiger partial charge in [-0.15, -0.1) is 0 Å². The fourth-order valence-corrected chi connectivity index (χ4v) is 2.95. The molecule has 0 bridgehead atoms. The monoisotopic (exact) mass is 391 g/mol. The number of nitriles is 2. The molecule has 1 amide bonds. The van der Waals surface area contributed by atoms with Crippen molar-refractivity contribution < 1.29 is 18.0 Å². The summed E-state index contributed by atoms with van der Waals surface area (Å²) in [6.07, 6.45) is -4.61. The molecule has 10 heteroatoms. The van der Waals surface area contributed by atoms with Gasteiger partial charge in [-0.25, -0.2) is 4.98 Å². The molecule has 1 aromatic carbocycles. The Morgan fingerprint density at radius 3 is 2.48 bits per heavy atom. The molecule has 0 spiro atoms. The smallest absolute Gasteiger partial charge is 0.383 e. The Balaban J connectivity index is 2.23. The van der Waals surface area contributed by atoms with Crippen LogP contribution in [0.4, 0.5) is 24.7 Å². The van der Waals surface area contributed by atoms with Gasteiger partial charge in [0, 0.05) is 0 Å². The number of alkyl halides is 3. The Morgan fingerprint density at radius 1 is 1.26 bits per heavy atom. The summed E-state index contributed by atoms with van der Waals surface area (Å²) in [6.45, 7) is 1.45. The van der Waals surface area contributed by atoms with Crippen LogP contribution >= 0.6 is 11.8 Å². The van der Waals surface area contributed by atoms with E-state index >= 15 is 0 Å². The minimum Gasteiger partial charge on any atom is -0.383 e. The third-order valence-corrected chi connectivity index (χ3v) is 4.51. The van der Waals surface area contributed by atoms with E-state index in [-0.39, 0.29) is 27.7 Å². The van der Waals surface area contributed by atoms with Crippen molar-refractivity contribution in [3.63, 3.8) is 0 Å². The fourth-order valence-electron chi connectivity index (χ4n) is 2.06. The quantitative estimate of drug-likeness (QED) is 0.770. The second-order valence-electron chi connectivity index (χ2n) is 5.29. The summed E-state index contributed by atoms with van der Waals surface area (Å²) in [5.41, 5.74) is 4.35. The van der Waals surface area contributed by atoms with Crippen LogP contribution in [0.15, 0.2) is 35.4 Å². The maximum atomic E-state index is 13.0. The van der Waals surface area contributed by atoms with Gasteiger partial charge in [0.1, 0.15) is 23.0 Å². The molecule has 2 rings (SSSR count). The summed E-state index contributed by atoms with van der Waals surface area (Å²) in [7, 11) is 0. The van der Waals surface area contributed by atoms with Crippen molar-refractivity contribution >= 4 is 29.2 Å². The van der Waals surface area contributed by atoms with Crippen LogP contribution in [0.25, 0.3) is 0 Å². The van der Waals surface area contributed by atoms with Gasteiger partial charge in [0.15, 0.2) is 0 Å². The number of nitrogens with one attached hydrogen (secondary N) is 1. The van der Waals surface area contributed by atoms with Crippen LogP contribution in [0, 0.1) is 22.7 Å². The van der Waals surface area contributed by atoms with Gasteiger partial charge in [-0.3, -0.25) is 4.79 Å². The Kier molecular flexibility index (Phi) is 5.93. The van der Waals surface area contributed by atoms with E-state index in [9.17, 15) is 18.0 Å². The predicted molar refractivity (Wildman–Crippen MR) is 93.5 cm³/mol. The van der Waals surface area contributed by atoms with E-state index in [1.165, 1.54) is 25.1 Å². The van der Waals surface area contributed by atoms with Gasteiger partial charge in [-0.1, -0.05) is 23.9 Å². The number of benzene rings is 1. The van der Waals surface area contributed by atoms with Crippen LogP contribution < -0.4 is 11.1 Å². The molecule has 27 heavy (non-hydrogen) atoms. The molecule has 0 aliphatic rings. The molecule has 0 saturated carbocycles. The van der Waals surface area contributed by atoms with Gasteiger partial charge >= 0.3 is 6.18 Å². The van der Waals surface area contributed by atoms with Crippen molar-refractivity contribution in [1.82, 2.24) is 4.98 Å². The number of thioether (sulfide) groups is 1. The topological polar surface area (TPSA) is 116 Å². The molecule has 1 atom stereocenters. The number of amides is 1. The van der Waals surface area contributed by atoms with E-state index in [1.807, 2.05) is 6.07 Å². The summed E-state index contributed by atoms with van der Waals surface area (Å²) in [4.78, 5) is 16.2. The molecule has 2 aromatic rings. The lowest BCUT2D eigenvalue weighted by Crippen LogP contribution is -2.24. The summed E-state index contributed by atoms with van der Waals surface area (Å²) in [6, 6.07) is 9.50. The number of hydrogen-bond donors (Lipinski definition) is 2. The molecule has 0 saturated heterocycles. The van der Waals surface area contributed by atoms with Crippen molar-refractivity contribution in [2.45, 2.75) is 23.4 Å². The summed E-state index contributed by atoms with van der Waals surface area (Å²) in [5.74, 6) is -0.806. The lowest BCUT2D eigenvalue weighted by molar-refractivity contribution is -0.137. The molecule has 0 fully saturated rings. The van der Waals surface area contributed by atoms with Gasteiger partial charge in [-0.2, -0.15) is 23.7 Å². The second kappa shape index (κ2) is 7.98. The molecule has 0 aliphatic heterocycles. The highest BCUT2D eigenvalue weighted by Crippen LogP contribution is 2.35. The first-order chi connectivity index (χ1) is 12.7. The maximum Gasteiger partial charge on any atom is 0.418 e. The van der Waals surface area contributed by atoms with Gasteiger partial charge in [0.05, 0.1) is 27.6 Å². The Morgan fingerprint density at radius 2 is 1.89 bits per heavy atom. The first-order valence-electron chi connectivity index (χ1n) is 7.41. The minimum atomic E-state index is -4.61. The number of rotatable bonds is 4. The van der Waals surface area contributed by atoms with Crippen molar-refractivity contribution in [3.8, 4) is 12.1 Å². The number of aromatic nitrogens is 1. The average molecular weight is 391 g/mol. The van der Waals surface area contributed by atoms with E-state index < -0.39 is 22.9 Å². The predicted octanol–water partition coefficient (Wildman–Crippen LogP) is 3.55. The van der Waals surface area contributed by atoms with Crippen LogP contribution in [0.5, 0.6) is 0 Å². The number of nitrogens with zero attached hydrogens (tertiary/aromatic N) is 3. The van der Waals surface area contributed by atoms with Crippen molar-refractivity contribution in [2.24, 2.45) is 0 Å². The van der Waals surface area contributed by atoms with Crippen molar-refractivity contribution in [2.75, 3.05) is 11.1 Å². The lowest BCUT2D eigenvalue weighted by Gasteiger charge is -2.16. The number of nitrogens with two attached hydrogens (primary N) is 1. The number of nitrogen functional groups attached to an aromatic ring is 1. The van der Waals surface area contributed by atoms with E-state index in [4.69, 9.17) is 16.3 Å². The summed E-state index contributed by atoms with van der Waals surface area (Å²) < 4.78 is 39.1. The highest BCUT2D eigenvalue weighted by molar-refractivity contribution is 8.00. The third kappa shape index (κ3) is 4.68. The Bertz CT molecular complexity index is 963. The van der Waals surface area contributed by atoms with E-state index in [0.717, 1.165) is 23.9 Å². The van der Waals surface area contributed by atoms with E-state index in [1.54, 1.807) is 6.07 Å². The molecule has 6 nitrogen and oxygen atoms in total. The van der Waals surface area contributed by atoms with Gasteiger partial charge in [-0.05, 0) is 25.1 Å². The Hall–Kier alpha value is -3.24. The van der Waals surface area contributed by atoms with Crippen molar-refractivity contribution in [1.29, 1.82) is 10.5 Å². The maximum absolute atomic E-state index is 13.0. The molecule has 0 unspecified atom stereocenters. The SMILES string of the molecule is C[C@H](Sc1nc(N)c(C#N)cc1C#N)C(=O)Nc1ccccc1C(F)(F)F. The van der Waals surface area contributed by atoms with Crippen LogP contribution in [0.3, 0.4) is 0 Å². The fraction of sp³-hybridized carbons (Fsp3) is 0.176. The average Bonchev–Trinajstić information content (AvgIpc) is 2.61. The number of para-hydroxylation sites is 1. The molecule has 1 aromatic heterocycles. The second-order valence-corrected chi connectivity index (χ2v) is 6.62. The molecule has 0 radical (unpaired) electrons. The van der Waals surface area contributed by atoms with Crippen molar-refractivity contribution in [3.05, 3.63) is 47.0 Å². The molecule has 1 heterocycles. The number of pyridine rings is 1. The largest absolute Gasteiger partial charge is 0.418 e. The molecule has 138 valence electrons. The molecule has 3 N–H and O–H groups in total. The van der Waals surface area contributed by atoms with E-state index in [0.29, 0.717) is 0 Å². The number of halogens is 3. The summed E-state index contributed by atoms with van der Waals surface area (Å²) >= 11 is 0.853. The molecule has 0 aliphatic carbocycles. The first kappa shape index (κ1) is 20.1. The van der Waals surface area contributed by atoms with Crippen LogP contribution in [0.1, 0.15) is 23.6 Å². The van der Waals surface area contributed by atoms with Gasteiger partial charge in [0.2, 0.25) is 5.91 Å². The zero-order valence-corrected chi connectivity index (χ0v) is 14.6. The number of carbonyl (C=O) groups excluding carboxylic acids is 1. The van der Waals surface area contributed by atoms with Gasteiger partial charge in [0.25, 0.3) is 0 Å². The van der Waals surface area contributed by atoms with Crippen LogP contribution in [-0.2, 0) is 11.0 Å². The number of anilines is 2. The third-order valence-electron chi connectivity index (χ3n) is 3.41. The normalized spacial score (nSPS) is 11.9. The lowest BCUT2D eigenvalue weighted by atomic mass is 10.1. The van der Waals surface area contributed by atoms with Gasteiger partial charge < -0.3 is 11.1 Å². The van der Waals surface area contributed by atoms with E-state index in [2.05, 4.69) is 10.3 Å². The Labute approximate surface area is 156 Å². The van der Waals surface area contributed by atoms with Crippen LogP contribution in [0.2, 0.25) is 0 Å². The highest BCUT2D eigenvalue weighted by atomic mass is 32.2. The highest BCUT2D eigenvalue weighted by Gasteiger charge is 2.34. The zero-order chi connectivity index (χ0) is 20.2.